The molecule has 3 aromatic rings. The van der Waals surface area contributed by atoms with Crippen LogP contribution in [-0.2, 0) is 30.2 Å². The maximum atomic E-state index is 14.4. The summed E-state index contributed by atoms with van der Waals surface area (Å²) in [6, 6.07) is 11.3. The highest BCUT2D eigenvalue weighted by atomic mass is 35.5. The number of halogens is 2. The molecule has 0 spiro atoms. The van der Waals surface area contributed by atoms with Gasteiger partial charge >= 0.3 is 6.03 Å². The van der Waals surface area contributed by atoms with Crippen LogP contribution in [0.1, 0.15) is 17.0 Å². The molecule has 1 aliphatic rings. The lowest BCUT2D eigenvalue weighted by Crippen LogP contribution is -2.50. The number of nitrogens with zero attached hydrogens (tertiary/aromatic N) is 4. The molecule has 0 N–H and O–H groups in total. The summed E-state index contributed by atoms with van der Waals surface area (Å²) in [5, 5.41) is 4.44. The van der Waals surface area contributed by atoms with Crippen LogP contribution in [0.2, 0.25) is 5.02 Å². The van der Waals surface area contributed by atoms with Gasteiger partial charge in [-0.1, -0.05) is 29.8 Å². The molecule has 2 amide bonds. The van der Waals surface area contributed by atoms with Crippen LogP contribution >= 0.6 is 11.6 Å². The molecule has 156 valence electrons. The maximum Gasteiger partial charge on any atom is 0.339 e. The number of benzene rings is 2. The zero-order valence-corrected chi connectivity index (χ0v) is 17.8. The normalized spacial score (nSPS) is 15.4. The second-order valence-electron chi connectivity index (χ2n) is 6.98. The van der Waals surface area contributed by atoms with Crippen LogP contribution in [0.15, 0.2) is 53.4 Å². The first kappa shape index (κ1) is 20.4. The summed E-state index contributed by atoms with van der Waals surface area (Å²) in [5.41, 5.74) is 1.68. The molecule has 4 rings (SSSR count). The fraction of sp³-hybridized carbons (Fsp3) is 0.200. The molecule has 7 nitrogen and oxygen atoms in total. The first-order chi connectivity index (χ1) is 14.2. The lowest BCUT2D eigenvalue weighted by molar-refractivity contribution is 0.225. The van der Waals surface area contributed by atoms with Crippen LogP contribution in [0, 0.1) is 12.7 Å². The minimum atomic E-state index is -4.09. The highest BCUT2D eigenvalue weighted by molar-refractivity contribution is 7.90. The fourth-order valence-corrected chi connectivity index (χ4v) is 5.14. The molecule has 0 aliphatic carbocycles. The smallest absolute Gasteiger partial charge is 0.288 e. The Bertz CT molecular complexity index is 1260. The van der Waals surface area contributed by atoms with E-state index in [1.54, 1.807) is 32.2 Å². The number of carbonyl (C=O) groups is 1. The van der Waals surface area contributed by atoms with Crippen LogP contribution in [-0.4, -0.2) is 28.5 Å². The number of para-hydroxylation sites is 1. The highest BCUT2D eigenvalue weighted by Gasteiger charge is 2.41. The summed E-state index contributed by atoms with van der Waals surface area (Å²) < 4.78 is 43.1. The second-order valence-corrected chi connectivity index (χ2v) is 9.25. The standard InChI is InChI=1S/C20H18ClFN4O3S/c1-13-9-16(24(2)23-13)12-26-20(27)25(11-14-7-8-15(21)10-17(14)22)18-5-3-4-6-19(18)30(26,28)29/h3-10H,11-12H2,1-2H3. The number of anilines is 1. The van der Waals surface area contributed by atoms with Crippen molar-refractivity contribution in [3.05, 3.63) is 76.3 Å². The Labute approximate surface area is 178 Å². The molecule has 2 aromatic carbocycles. The Balaban J connectivity index is 1.80. The Morgan fingerprint density at radius 1 is 1.10 bits per heavy atom. The quantitative estimate of drug-likeness (QED) is 0.607. The van der Waals surface area contributed by atoms with Gasteiger partial charge in [-0.3, -0.25) is 9.58 Å². The van der Waals surface area contributed by atoms with Gasteiger partial charge in [-0.2, -0.15) is 5.10 Å². The minimum absolute atomic E-state index is 0.0159. The molecule has 1 aromatic heterocycles. The Hall–Kier alpha value is -2.91. The van der Waals surface area contributed by atoms with E-state index in [1.807, 2.05) is 0 Å². The molecule has 0 bridgehead atoms. The van der Waals surface area contributed by atoms with E-state index >= 15 is 0 Å². The maximum absolute atomic E-state index is 14.4. The third-order valence-electron chi connectivity index (χ3n) is 4.92. The van der Waals surface area contributed by atoms with Gasteiger partial charge in [-0.25, -0.2) is 21.9 Å². The molecule has 30 heavy (non-hydrogen) atoms. The third-order valence-corrected chi connectivity index (χ3v) is 6.92. The number of fused-ring (bicyclic) bond motifs is 1. The van der Waals surface area contributed by atoms with Gasteiger partial charge in [0.1, 0.15) is 10.7 Å². The van der Waals surface area contributed by atoms with Crippen molar-refractivity contribution in [1.29, 1.82) is 0 Å². The molecular weight excluding hydrogens is 431 g/mol. The number of aromatic nitrogens is 2. The number of urea groups is 1. The van der Waals surface area contributed by atoms with Gasteiger partial charge in [-0.15, -0.1) is 0 Å². The van der Waals surface area contributed by atoms with Crippen LogP contribution in [0.4, 0.5) is 14.9 Å². The first-order valence-corrected chi connectivity index (χ1v) is 10.9. The van der Waals surface area contributed by atoms with E-state index in [2.05, 4.69) is 5.10 Å². The zero-order valence-electron chi connectivity index (χ0n) is 16.2. The van der Waals surface area contributed by atoms with E-state index < -0.39 is 21.9 Å². The zero-order chi connectivity index (χ0) is 21.6. The number of carbonyl (C=O) groups excluding carboxylic acids is 1. The summed E-state index contributed by atoms with van der Waals surface area (Å²) in [6.07, 6.45) is 0. The topological polar surface area (TPSA) is 75.5 Å². The summed E-state index contributed by atoms with van der Waals surface area (Å²) in [6.45, 7) is 1.45. The van der Waals surface area contributed by atoms with Crippen molar-refractivity contribution < 1.29 is 17.6 Å². The molecule has 2 heterocycles. The van der Waals surface area contributed by atoms with Gasteiger partial charge < -0.3 is 0 Å². The minimum Gasteiger partial charge on any atom is -0.288 e. The molecule has 10 heteroatoms. The molecule has 0 fully saturated rings. The predicted molar refractivity (Wildman–Crippen MR) is 110 cm³/mol. The van der Waals surface area contributed by atoms with E-state index in [-0.39, 0.29) is 34.3 Å². The van der Waals surface area contributed by atoms with Crippen molar-refractivity contribution in [3.63, 3.8) is 0 Å². The van der Waals surface area contributed by atoms with Crippen molar-refractivity contribution in [2.45, 2.75) is 24.9 Å². The average Bonchev–Trinajstić information content (AvgIpc) is 3.01. The largest absolute Gasteiger partial charge is 0.339 e. The molecule has 0 saturated heterocycles. The third kappa shape index (κ3) is 3.44. The van der Waals surface area contributed by atoms with Gasteiger partial charge in [0.05, 0.1) is 30.2 Å². The van der Waals surface area contributed by atoms with Crippen LogP contribution < -0.4 is 4.90 Å². The number of hydrogen-bond acceptors (Lipinski definition) is 4. The summed E-state index contributed by atoms with van der Waals surface area (Å²) in [7, 11) is -2.41. The molecule has 0 unspecified atom stereocenters. The van der Waals surface area contributed by atoms with Crippen LogP contribution in [0.5, 0.6) is 0 Å². The Morgan fingerprint density at radius 3 is 2.50 bits per heavy atom. The summed E-state index contributed by atoms with van der Waals surface area (Å²) in [5.74, 6) is -0.574. The van der Waals surface area contributed by atoms with Gasteiger partial charge in [0.25, 0.3) is 10.0 Å². The van der Waals surface area contributed by atoms with Crippen molar-refractivity contribution in [2.24, 2.45) is 7.05 Å². The second kappa shape index (κ2) is 7.41. The van der Waals surface area contributed by atoms with E-state index in [4.69, 9.17) is 11.6 Å². The van der Waals surface area contributed by atoms with Gasteiger partial charge in [0.2, 0.25) is 0 Å². The van der Waals surface area contributed by atoms with Gasteiger partial charge in [-0.05, 0) is 37.3 Å². The van der Waals surface area contributed by atoms with E-state index in [0.29, 0.717) is 11.4 Å². The first-order valence-electron chi connectivity index (χ1n) is 9.05. The lowest BCUT2D eigenvalue weighted by Gasteiger charge is -2.36. The summed E-state index contributed by atoms with van der Waals surface area (Å²) >= 11 is 5.82. The van der Waals surface area contributed by atoms with E-state index in [1.165, 1.54) is 33.8 Å². The number of rotatable bonds is 4. The van der Waals surface area contributed by atoms with Crippen molar-refractivity contribution >= 4 is 33.3 Å². The van der Waals surface area contributed by atoms with Crippen molar-refractivity contribution in [1.82, 2.24) is 14.1 Å². The SMILES string of the molecule is Cc1cc(CN2C(=O)N(Cc3ccc(Cl)cc3F)c3ccccc3S2(=O)=O)n(C)n1. The average molecular weight is 449 g/mol. The Kier molecular flexibility index (Phi) is 5.03. The predicted octanol–water partition coefficient (Wildman–Crippen LogP) is 3.85. The molecule has 0 radical (unpaired) electrons. The van der Waals surface area contributed by atoms with Crippen molar-refractivity contribution in [2.75, 3.05) is 4.90 Å². The number of sulfonamides is 1. The lowest BCUT2D eigenvalue weighted by atomic mass is 10.2. The van der Waals surface area contributed by atoms with Crippen molar-refractivity contribution in [3.8, 4) is 0 Å². The van der Waals surface area contributed by atoms with Gasteiger partial charge in [0.15, 0.2) is 0 Å². The molecular formula is C20H18ClFN4O3S. The van der Waals surface area contributed by atoms with Crippen LogP contribution in [0.25, 0.3) is 0 Å². The van der Waals surface area contributed by atoms with E-state index in [9.17, 15) is 17.6 Å². The summed E-state index contributed by atoms with van der Waals surface area (Å²) in [4.78, 5) is 14.5. The molecule has 1 aliphatic heterocycles. The number of hydrogen-bond donors (Lipinski definition) is 0. The highest BCUT2D eigenvalue weighted by Crippen LogP contribution is 2.36. The monoisotopic (exact) mass is 448 g/mol. The number of amides is 2. The van der Waals surface area contributed by atoms with E-state index in [0.717, 1.165) is 10.4 Å². The molecule has 0 saturated carbocycles. The van der Waals surface area contributed by atoms with Gasteiger partial charge in [0, 0.05) is 17.6 Å². The fourth-order valence-electron chi connectivity index (χ4n) is 3.44. The Morgan fingerprint density at radius 2 is 1.83 bits per heavy atom. The van der Waals surface area contributed by atoms with Crippen LogP contribution in [0.3, 0.4) is 0 Å². The number of aryl methyl sites for hydroxylation is 2. The molecule has 0 atom stereocenters.